The van der Waals surface area contributed by atoms with Gasteiger partial charge in [0.05, 0.1) is 11.5 Å². The molecule has 1 rings (SSSR count). The number of halogens is 1. The highest BCUT2D eigenvalue weighted by Crippen LogP contribution is 2.25. The van der Waals surface area contributed by atoms with E-state index < -0.39 is 16.4 Å². The van der Waals surface area contributed by atoms with Gasteiger partial charge in [-0.1, -0.05) is 12.1 Å². The highest BCUT2D eigenvalue weighted by Gasteiger charge is 2.16. The monoisotopic (exact) mass is 166 g/mol. The number of nitrogens with zero attached hydrogens (tertiary/aromatic N) is 2. The summed E-state index contributed by atoms with van der Waals surface area (Å²) in [5.41, 5.74) is -0.993. The third-order valence-electron chi connectivity index (χ3n) is 1.28. The molecule has 4 nitrogen and oxygen atoms in total. The number of benzene rings is 1. The normalized spacial score (nSPS) is 9.00. The van der Waals surface area contributed by atoms with E-state index in [2.05, 4.69) is 4.85 Å². The van der Waals surface area contributed by atoms with Crippen LogP contribution in [0.3, 0.4) is 0 Å². The van der Waals surface area contributed by atoms with Crippen LogP contribution in [0.2, 0.25) is 0 Å². The zero-order valence-electron chi connectivity index (χ0n) is 5.82. The van der Waals surface area contributed by atoms with Crippen LogP contribution in [-0.2, 0) is 0 Å². The summed E-state index contributed by atoms with van der Waals surface area (Å²) in [6.45, 7) is 6.48. The fourth-order valence-electron chi connectivity index (χ4n) is 0.735. The van der Waals surface area contributed by atoms with Gasteiger partial charge in [-0.25, -0.2) is 9.24 Å². The minimum Gasteiger partial charge on any atom is -0.258 e. The maximum atomic E-state index is 12.9. The largest absolute Gasteiger partial charge is 0.294 e. The Labute approximate surface area is 67.2 Å². The predicted octanol–water partition coefficient (Wildman–Crippen LogP) is 2.28. The third kappa shape index (κ3) is 1.22. The molecular formula is C7H3FN2O2. The van der Waals surface area contributed by atoms with E-state index in [1.807, 2.05) is 0 Å². The molecule has 0 bridgehead atoms. The van der Waals surface area contributed by atoms with Gasteiger partial charge >= 0.3 is 0 Å². The fraction of sp³-hybridized carbons (Fsp3) is 0. The van der Waals surface area contributed by atoms with Gasteiger partial charge in [0, 0.05) is 6.07 Å². The van der Waals surface area contributed by atoms with Crippen LogP contribution in [-0.4, -0.2) is 4.92 Å². The van der Waals surface area contributed by atoms with Crippen molar-refractivity contribution in [3.8, 4) is 0 Å². The maximum absolute atomic E-state index is 12.9. The molecule has 0 unspecified atom stereocenters. The Hall–Kier alpha value is -1.96. The quantitative estimate of drug-likeness (QED) is 0.365. The number of rotatable bonds is 1. The second-order valence-electron chi connectivity index (χ2n) is 1.98. The van der Waals surface area contributed by atoms with Crippen molar-refractivity contribution in [2.75, 3.05) is 0 Å². The molecule has 0 atom stereocenters. The smallest absolute Gasteiger partial charge is 0.258 e. The molecule has 0 saturated carbocycles. The van der Waals surface area contributed by atoms with Gasteiger partial charge in [-0.15, -0.1) is 0 Å². The van der Waals surface area contributed by atoms with Gasteiger partial charge in [-0.05, 0) is 0 Å². The number of hydrogen-bond donors (Lipinski definition) is 0. The standard InChI is InChI=1S/C7H3FN2O2/c1-9-5-3-2-4-6(7(5)8)10(11)12/h2-4H. The van der Waals surface area contributed by atoms with E-state index in [0.29, 0.717) is 0 Å². The van der Waals surface area contributed by atoms with Gasteiger partial charge in [-0.2, -0.15) is 0 Å². The zero-order chi connectivity index (χ0) is 9.14. The fourth-order valence-corrected chi connectivity index (χ4v) is 0.735. The van der Waals surface area contributed by atoms with Crippen LogP contribution >= 0.6 is 0 Å². The second-order valence-corrected chi connectivity index (χ2v) is 1.98. The molecule has 0 saturated heterocycles. The van der Waals surface area contributed by atoms with Gasteiger partial charge in [0.1, 0.15) is 0 Å². The molecule has 5 heteroatoms. The van der Waals surface area contributed by atoms with E-state index >= 15 is 0 Å². The molecule has 0 aliphatic heterocycles. The minimum absolute atomic E-state index is 0.329. The summed E-state index contributed by atoms with van der Waals surface area (Å²) >= 11 is 0. The molecule has 0 N–H and O–H groups in total. The summed E-state index contributed by atoms with van der Waals surface area (Å²) in [4.78, 5) is 12.1. The lowest BCUT2D eigenvalue weighted by atomic mass is 10.3. The topological polar surface area (TPSA) is 47.5 Å². The summed E-state index contributed by atoms with van der Waals surface area (Å²) in [6, 6.07) is 3.48. The summed E-state index contributed by atoms with van der Waals surface area (Å²) in [5, 5.41) is 10.2. The first-order chi connectivity index (χ1) is 5.66. The van der Waals surface area contributed by atoms with Crippen molar-refractivity contribution in [3.05, 3.63) is 45.5 Å². The van der Waals surface area contributed by atoms with E-state index in [9.17, 15) is 14.5 Å². The van der Waals surface area contributed by atoms with Gasteiger partial charge in [0.25, 0.3) is 5.69 Å². The summed E-state index contributed by atoms with van der Waals surface area (Å²) in [6.07, 6.45) is 0. The van der Waals surface area contributed by atoms with Crippen LogP contribution in [0.5, 0.6) is 0 Å². The van der Waals surface area contributed by atoms with Gasteiger partial charge < -0.3 is 0 Å². The first-order valence-corrected chi connectivity index (χ1v) is 2.97. The summed E-state index contributed by atoms with van der Waals surface area (Å²) in [7, 11) is 0. The van der Waals surface area contributed by atoms with E-state index in [0.717, 1.165) is 6.07 Å². The van der Waals surface area contributed by atoms with Crippen molar-refractivity contribution in [1.29, 1.82) is 0 Å². The lowest BCUT2D eigenvalue weighted by Crippen LogP contribution is -1.91. The molecule has 0 heterocycles. The van der Waals surface area contributed by atoms with E-state index in [4.69, 9.17) is 6.57 Å². The van der Waals surface area contributed by atoms with E-state index in [1.165, 1.54) is 12.1 Å². The molecule has 0 amide bonds. The number of nitro benzene ring substituents is 1. The zero-order valence-corrected chi connectivity index (χ0v) is 5.82. The average molecular weight is 166 g/mol. The van der Waals surface area contributed by atoms with Crippen LogP contribution in [0.1, 0.15) is 0 Å². The molecule has 0 spiro atoms. The summed E-state index contributed by atoms with van der Waals surface area (Å²) in [5.74, 6) is -1.07. The molecule has 0 aliphatic rings. The predicted molar refractivity (Wildman–Crippen MR) is 39.3 cm³/mol. The molecule has 0 radical (unpaired) electrons. The molecule has 1 aromatic carbocycles. The highest BCUT2D eigenvalue weighted by atomic mass is 19.1. The van der Waals surface area contributed by atoms with Crippen molar-refractivity contribution < 1.29 is 9.31 Å². The van der Waals surface area contributed by atoms with Crippen molar-refractivity contribution in [2.24, 2.45) is 0 Å². The Balaban J connectivity index is 3.35. The Morgan fingerprint density at radius 3 is 2.75 bits per heavy atom. The molecule has 0 aliphatic carbocycles. The first kappa shape index (κ1) is 8.14. The summed E-state index contributed by atoms with van der Waals surface area (Å²) < 4.78 is 12.9. The average Bonchev–Trinajstić information content (AvgIpc) is 2.04. The molecule has 0 aromatic heterocycles. The third-order valence-corrected chi connectivity index (χ3v) is 1.28. The Bertz CT molecular complexity index is 370. The van der Waals surface area contributed by atoms with Crippen LogP contribution in [0, 0.1) is 22.5 Å². The van der Waals surface area contributed by atoms with Crippen molar-refractivity contribution in [2.45, 2.75) is 0 Å². The van der Waals surface area contributed by atoms with Crippen molar-refractivity contribution in [3.63, 3.8) is 0 Å². The Morgan fingerprint density at radius 1 is 1.58 bits per heavy atom. The van der Waals surface area contributed by atoms with Crippen LogP contribution in [0.15, 0.2) is 18.2 Å². The second kappa shape index (κ2) is 2.96. The molecule has 1 aromatic rings. The SMILES string of the molecule is [C-]#[N+]c1cccc([N+](=O)[O-])c1F. The Morgan fingerprint density at radius 2 is 2.25 bits per heavy atom. The van der Waals surface area contributed by atoms with E-state index in [-0.39, 0.29) is 5.69 Å². The first-order valence-electron chi connectivity index (χ1n) is 2.97. The van der Waals surface area contributed by atoms with Crippen LogP contribution in [0.4, 0.5) is 15.8 Å². The Kier molecular flexibility index (Phi) is 2.01. The molecule has 12 heavy (non-hydrogen) atoms. The van der Waals surface area contributed by atoms with Gasteiger partial charge in [0.2, 0.25) is 11.5 Å². The minimum atomic E-state index is -1.07. The van der Waals surface area contributed by atoms with E-state index in [1.54, 1.807) is 0 Å². The van der Waals surface area contributed by atoms with Gasteiger partial charge in [0.15, 0.2) is 0 Å². The molecule has 60 valence electrons. The number of nitro groups is 1. The molecule has 0 fully saturated rings. The maximum Gasteiger partial charge on any atom is 0.294 e. The van der Waals surface area contributed by atoms with Crippen molar-refractivity contribution >= 4 is 11.4 Å². The highest BCUT2D eigenvalue weighted by molar-refractivity contribution is 5.53. The lowest BCUT2D eigenvalue weighted by Gasteiger charge is -1.93. The van der Waals surface area contributed by atoms with Crippen LogP contribution in [0.25, 0.3) is 4.85 Å². The number of hydrogen-bond acceptors (Lipinski definition) is 2. The van der Waals surface area contributed by atoms with Gasteiger partial charge in [-0.3, -0.25) is 10.1 Å². The molecular weight excluding hydrogens is 163 g/mol. The lowest BCUT2D eigenvalue weighted by molar-refractivity contribution is -0.387. The van der Waals surface area contributed by atoms with Crippen molar-refractivity contribution in [1.82, 2.24) is 0 Å². The van der Waals surface area contributed by atoms with Crippen LogP contribution < -0.4 is 0 Å².